The van der Waals surface area contributed by atoms with E-state index in [-0.39, 0.29) is 17.3 Å². The van der Waals surface area contributed by atoms with Crippen LogP contribution in [-0.2, 0) is 10.0 Å². The maximum Gasteiger partial charge on any atom is 0.253 e. The Kier molecular flexibility index (Phi) is 5.94. The Morgan fingerprint density at radius 3 is 2.38 bits per heavy atom. The maximum atomic E-state index is 12.1. The van der Waals surface area contributed by atoms with E-state index < -0.39 is 10.0 Å². The summed E-state index contributed by atoms with van der Waals surface area (Å²) in [6.45, 7) is 4.62. The first-order valence-corrected chi connectivity index (χ1v) is 8.05. The summed E-state index contributed by atoms with van der Waals surface area (Å²) in [5, 5.41) is 0. The SMILES string of the molecule is C#CCNS(=O)(=O)c1ccc(C(=O)N(C)CC(C)C)cc1. The first kappa shape index (κ1) is 17.2. The van der Waals surface area contributed by atoms with Crippen molar-refractivity contribution in [1.29, 1.82) is 0 Å². The van der Waals surface area contributed by atoms with E-state index in [0.29, 0.717) is 18.0 Å². The minimum Gasteiger partial charge on any atom is -0.341 e. The highest BCUT2D eigenvalue weighted by Gasteiger charge is 2.16. The molecule has 0 bridgehead atoms. The second kappa shape index (κ2) is 7.25. The lowest BCUT2D eigenvalue weighted by Crippen LogP contribution is -2.30. The molecule has 21 heavy (non-hydrogen) atoms. The van der Waals surface area contributed by atoms with Crippen molar-refractivity contribution in [3.8, 4) is 12.3 Å². The molecule has 1 N–H and O–H groups in total. The Hall–Kier alpha value is -1.84. The number of hydrogen-bond donors (Lipinski definition) is 1. The predicted molar refractivity (Wildman–Crippen MR) is 82.3 cm³/mol. The Balaban J connectivity index is 2.88. The van der Waals surface area contributed by atoms with Crippen molar-refractivity contribution in [3.63, 3.8) is 0 Å². The topological polar surface area (TPSA) is 66.5 Å². The molecule has 0 radical (unpaired) electrons. The highest BCUT2D eigenvalue weighted by atomic mass is 32.2. The Morgan fingerprint density at radius 2 is 1.90 bits per heavy atom. The molecule has 1 aromatic carbocycles. The molecule has 0 aliphatic heterocycles. The number of hydrogen-bond acceptors (Lipinski definition) is 3. The van der Waals surface area contributed by atoms with E-state index in [4.69, 9.17) is 6.42 Å². The van der Waals surface area contributed by atoms with Crippen LogP contribution in [0.25, 0.3) is 0 Å². The molecule has 0 aliphatic rings. The van der Waals surface area contributed by atoms with Gasteiger partial charge in [0.05, 0.1) is 11.4 Å². The van der Waals surface area contributed by atoms with Crippen molar-refractivity contribution < 1.29 is 13.2 Å². The monoisotopic (exact) mass is 308 g/mol. The predicted octanol–water partition coefficient (Wildman–Crippen LogP) is 1.33. The summed E-state index contributed by atoms with van der Waals surface area (Å²) in [5.41, 5.74) is 0.453. The average molecular weight is 308 g/mol. The van der Waals surface area contributed by atoms with E-state index in [0.717, 1.165) is 0 Å². The Morgan fingerprint density at radius 1 is 1.33 bits per heavy atom. The van der Waals surface area contributed by atoms with Crippen LogP contribution in [0.5, 0.6) is 0 Å². The van der Waals surface area contributed by atoms with Crippen LogP contribution < -0.4 is 4.72 Å². The number of sulfonamides is 1. The number of amides is 1. The highest BCUT2D eigenvalue weighted by Crippen LogP contribution is 2.12. The zero-order chi connectivity index (χ0) is 16.0. The summed E-state index contributed by atoms with van der Waals surface area (Å²) in [6, 6.07) is 5.80. The van der Waals surface area contributed by atoms with E-state index in [1.54, 1.807) is 11.9 Å². The first-order valence-electron chi connectivity index (χ1n) is 6.56. The van der Waals surface area contributed by atoms with E-state index in [1.165, 1.54) is 24.3 Å². The van der Waals surface area contributed by atoms with Crippen molar-refractivity contribution >= 4 is 15.9 Å². The number of nitrogens with zero attached hydrogens (tertiary/aromatic N) is 1. The lowest BCUT2D eigenvalue weighted by atomic mass is 10.1. The first-order chi connectivity index (χ1) is 9.77. The van der Waals surface area contributed by atoms with Crippen molar-refractivity contribution in [1.82, 2.24) is 9.62 Å². The van der Waals surface area contributed by atoms with Crippen LogP contribution in [-0.4, -0.2) is 39.4 Å². The molecule has 0 fully saturated rings. The number of benzene rings is 1. The number of carbonyl (C=O) groups is 1. The van der Waals surface area contributed by atoms with Crippen LogP contribution >= 0.6 is 0 Å². The number of rotatable bonds is 6. The lowest BCUT2D eigenvalue weighted by molar-refractivity contribution is 0.0779. The van der Waals surface area contributed by atoms with Crippen LogP contribution in [0.2, 0.25) is 0 Å². The molecular weight excluding hydrogens is 288 g/mol. The van der Waals surface area contributed by atoms with Gasteiger partial charge in [-0.05, 0) is 30.2 Å². The average Bonchev–Trinajstić information content (AvgIpc) is 2.43. The summed E-state index contributed by atoms with van der Waals surface area (Å²) in [4.78, 5) is 13.8. The molecule has 1 rings (SSSR count). The van der Waals surface area contributed by atoms with Gasteiger partial charge in [0.2, 0.25) is 10.0 Å². The van der Waals surface area contributed by atoms with Gasteiger partial charge in [-0.15, -0.1) is 6.42 Å². The Bertz CT molecular complexity index is 628. The lowest BCUT2D eigenvalue weighted by Gasteiger charge is -2.19. The molecule has 0 unspecified atom stereocenters. The van der Waals surface area contributed by atoms with Gasteiger partial charge in [0.1, 0.15) is 0 Å². The van der Waals surface area contributed by atoms with Gasteiger partial charge in [-0.25, -0.2) is 8.42 Å². The standard InChI is InChI=1S/C15H20N2O3S/c1-5-10-16-21(19,20)14-8-6-13(7-9-14)15(18)17(4)11-12(2)3/h1,6-9,12,16H,10-11H2,2-4H3. The van der Waals surface area contributed by atoms with Crippen molar-refractivity contribution in [2.24, 2.45) is 5.92 Å². The Labute approximate surface area is 126 Å². The fourth-order valence-corrected chi connectivity index (χ4v) is 2.78. The fraction of sp³-hybridized carbons (Fsp3) is 0.400. The van der Waals surface area contributed by atoms with Crippen LogP contribution in [0.4, 0.5) is 0 Å². The summed E-state index contributed by atoms with van der Waals surface area (Å²) >= 11 is 0. The van der Waals surface area contributed by atoms with Gasteiger partial charge < -0.3 is 4.90 Å². The van der Waals surface area contributed by atoms with Crippen molar-refractivity contribution in [2.45, 2.75) is 18.7 Å². The largest absolute Gasteiger partial charge is 0.341 e. The molecule has 1 amide bonds. The molecule has 0 atom stereocenters. The molecule has 6 heteroatoms. The smallest absolute Gasteiger partial charge is 0.253 e. The third-order valence-corrected chi connectivity index (χ3v) is 4.18. The third-order valence-electron chi connectivity index (χ3n) is 2.76. The van der Waals surface area contributed by atoms with Crippen LogP contribution in [0.15, 0.2) is 29.2 Å². The normalized spacial score (nSPS) is 11.2. The van der Waals surface area contributed by atoms with Gasteiger partial charge in [0.25, 0.3) is 5.91 Å². The van der Waals surface area contributed by atoms with E-state index in [1.807, 2.05) is 13.8 Å². The summed E-state index contributed by atoms with van der Waals surface area (Å²) < 4.78 is 26.0. The van der Waals surface area contributed by atoms with Crippen molar-refractivity contribution in [3.05, 3.63) is 29.8 Å². The van der Waals surface area contributed by atoms with Crippen LogP contribution in [0, 0.1) is 18.3 Å². The molecule has 0 saturated carbocycles. The molecular formula is C15H20N2O3S. The minimum absolute atomic E-state index is 0.0693. The minimum atomic E-state index is -3.62. The molecule has 0 heterocycles. The summed E-state index contributed by atoms with van der Waals surface area (Å²) in [6.07, 6.45) is 5.02. The van der Waals surface area contributed by atoms with Crippen molar-refractivity contribution in [2.75, 3.05) is 20.1 Å². The second-order valence-corrected chi connectivity index (χ2v) is 6.90. The second-order valence-electron chi connectivity index (χ2n) is 5.13. The quantitative estimate of drug-likeness (QED) is 0.806. The van der Waals surface area contributed by atoms with Gasteiger partial charge in [0.15, 0.2) is 0 Å². The molecule has 0 spiro atoms. The van der Waals surface area contributed by atoms with E-state index in [9.17, 15) is 13.2 Å². The van der Waals surface area contributed by atoms with Gasteiger partial charge in [-0.3, -0.25) is 4.79 Å². The number of nitrogens with one attached hydrogen (secondary N) is 1. The zero-order valence-corrected chi connectivity index (χ0v) is 13.3. The molecule has 5 nitrogen and oxygen atoms in total. The van der Waals surface area contributed by atoms with Gasteiger partial charge in [0, 0.05) is 19.2 Å². The third kappa shape index (κ3) is 4.88. The zero-order valence-electron chi connectivity index (χ0n) is 12.5. The van der Waals surface area contributed by atoms with Crippen LogP contribution in [0.3, 0.4) is 0 Å². The van der Waals surface area contributed by atoms with E-state index >= 15 is 0 Å². The molecule has 0 aliphatic carbocycles. The fourth-order valence-electron chi connectivity index (χ4n) is 1.85. The number of terminal acetylenes is 1. The maximum absolute atomic E-state index is 12.1. The van der Waals surface area contributed by atoms with Gasteiger partial charge in [-0.2, -0.15) is 4.72 Å². The summed E-state index contributed by atoms with van der Waals surface area (Å²) in [5.74, 6) is 2.44. The molecule has 1 aromatic rings. The molecule has 114 valence electrons. The van der Waals surface area contributed by atoms with Gasteiger partial charge in [-0.1, -0.05) is 19.8 Å². The molecule has 0 saturated heterocycles. The van der Waals surface area contributed by atoms with Crippen LogP contribution in [0.1, 0.15) is 24.2 Å². The molecule has 0 aromatic heterocycles. The number of carbonyl (C=O) groups excluding carboxylic acids is 1. The van der Waals surface area contributed by atoms with Gasteiger partial charge >= 0.3 is 0 Å². The summed E-state index contributed by atoms with van der Waals surface area (Å²) in [7, 11) is -1.90. The van der Waals surface area contributed by atoms with E-state index in [2.05, 4.69) is 10.6 Å². The highest BCUT2D eigenvalue weighted by molar-refractivity contribution is 7.89.